The highest BCUT2D eigenvalue weighted by molar-refractivity contribution is 4.97. The number of rotatable bonds is 4. The van der Waals surface area contributed by atoms with E-state index in [1.165, 1.54) is 0 Å². The third-order valence-electron chi connectivity index (χ3n) is 2.64. The van der Waals surface area contributed by atoms with Crippen molar-refractivity contribution in [2.75, 3.05) is 6.54 Å². The molecule has 1 aromatic heterocycles. The minimum absolute atomic E-state index is 0.0304. The first-order chi connectivity index (χ1) is 7.29. The van der Waals surface area contributed by atoms with Crippen molar-refractivity contribution in [1.82, 2.24) is 15.5 Å². The Morgan fingerprint density at radius 1 is 1.60 bits per heavy atom. The van der Waals surface area contributed by atoms with Gasteiger partial charge in [0.1, 0.15) is 0 Å². The van der Waals surface area contributed by atoms with Crippen molar-refractivity contribution >= 4 is 0 Å². The van der Waals surface area contributed by atoms with Crippen LogP contribution in [-0.2, 0) is 6.42 Å². The second kappa shape index (κ2) is 4.72. The highest BCUT2D eigenvalue weighted by Crippen LogP contribution is 2.21. The zero-order valence-electron chi connectivity index (χ0n) is 8.94. The fourth-order valence-electron chi connectivity index (χ4n) is 1.75. The van der Waals surface area contributed by atoms with Gasteiger partial charge < -0.3 is 14.9 Å². The summed E-state index contributed by atoms with van der Waals surface area (Å²) in [7, 11) is 0. The number of β-amino-alcohol motifs (C(OH)–C–C–N with tert-alkyl or cyclic N) is 1. The molecule has 0 aromatic carbocycles. The van der Waals surface area contributed by atoms with Gasteiger partial charge in [0.2, 0.25) is 5.89 Å². The van der Waals surface area contributed by atoms with Gasteiger partial charge in [-0.15, -0.1) is 0 Å². The lowest BCUT2D eigenvalue weighted by Crippen LogP contribution is -2.15. The Bertz CT molecular complexity index is 313. The second-order valence-electron chi connectivity index (χ2n) is 4.00. The summed E-state index contributed by atoms with van der Waals surface area (Å²) in [5.74, 6) is 1.38. The van der Waals surface area contributed by atoms with Crippen LogP contribution in [0.2, 0.25) is 0 Å². The van der Waals surface area contributed by atoms with Crippen LogP contribution >= 0.6 is 0 Å². The number of unbranched alkanes of at least 4 members (excludes halogenated alkanes) is 1. The molecule has 0 bridgehead atoms. The molecule has 15 heavy (non-hydrogen) atoms. The molecule has 1 aliphatic heterocycles. The van der Waals surface area contributed by atoms with Crippen LogP contribution in [0.15, 0.2) is 4.52 Å². The number of aliphatic hydroxyl groups excluding tert-OH is 1. The lowest BCUT2D eigenvalue weighted by Gasteiger charge is -2.01. The topological polar surface area (TPSA) is 71.2 Å². The highest BCUT2D eigenvalue weighted by Gasteiger charge is 2.27. The average molecular weight is 211 g/mol. The van der Waals surface area contributed by atoms with Gasteiger partial charge in [0.25, 0.3) is 0 Å². The van der Waals surface area contributed by atoms with Crippen molar-refractivity contribution in [2.45, 2.75) is 44.8 Å². The lowest BCUT2D eigenvalue weighted by atomic mass is 10.2. The zero-order valence-corrected chi connectivity index (χ0v) is 8.94. The summed E-state index contributed by atoms with van der Waals surface area (Å²) in [5, 5.41) is 16.4. The van der Waals surface area contributed by atoms with Crippen molar-refractivity contribution in [3.8, 4) is 0 Å². The first-order valence-corrected chi connectivity index (χ1v) is 5.53. The van der Waals surface area contributed by atoms with Crippen LogP contribution in [0.3, 0.4) is 0 Å². The van der Waals surface area contributed by atoms with E-state index >= 15 is 0 Å². The first-order valence-electron chi connectivity index (χ1n) is 5.53. The molecule has 1 saturated heterocycles. The molecular weight excluding hydrogens is 194 g/mol. The van der Waals surface area contributed by atoms with Gasteiger partial charge in [-0.3, -0.25) is 0 Å². The Kier molecular flexibility index (Phi) is 3.33. The standard InChI is InChI=1S/C10H17N3O2/c1-2-3-4-9-12-10(15-13-9)8-5-7(14)6-11-8/h7-8,11,14H,2-6H2,1H3/t7-,8-/m0/s1. The van der Waals surface area contributed by atoms with Crippen LogP contribution in [-0.4, -0.2) is 27.9 Å². The van der Waals surface area contributed by atoms with E-state index in [9.17, 15) is 5.11 Å². The molecule has 1 fully saturated rings. The van der Waals surface area contributed by atoms with Gasteiger partial charge in [-0.25, -0.2) is 0 Å². The smallest absolute Gasteiger partial charge is 0.243 e. The summed E-state index contributed by atoms with van der Waals surface area (Å²) in [6.45, 7) is 2.74. The molecule has 5 nitrogen and oxygen atoms in total. The molecule has 1 aromatic rings. The van der Waals surface area contributed by atoms with Crippen molar-refractivity contribution in [2.24, 2.45) is 0 Å². The summed E-state index contributed by atoms with van der Waals surface area (Å²) in [6, 6.07) is 0.0304. The van der Waals surface area contributed by atoms with Crippen LogP contribution in [0.5, 0.6) is 0 Å². The van der Waals surface area contributed by atoms with E-state index in [0.29, 0.717) is 18.9 Å². The Balaban J connectivity index is 1.94. The van der Waals surface area contributed by atoms with Gasteiger partial charge >= 0.3 is 0 Å². The third-order valence-corrected chi connectivity index (χ3v) is 2.64. The Morgan fingerprint density at radius 2 is 2.47 bits per heavy atom. The summed E-state index contributed by atoms with van der Waals surface area (Å²) >= 11 is 0. The third kappa shape index (κ3) is 2.54. The van der Waals surface area contributed by atoms with Crippen molar-refractivity contribution in [1.29, 1.82) is 0 Å². The molecule has 0 unspecified atom stereocenters. The molecule has 84 valence electrons. The largest absolute Gasteiger partial charge is 0.392 e. The number of aliphatic hydroxyl groups is 1. The lowest BCUT2D eigenvalue weighted by molar-refractivity contribution is 0.191. The van der Waals surface area contributed by atoms with Gasteiger partial charge in [-0.1, -0.05) is 18.5 Å². The number of nitrogens with zero attached hydrogens (tertiary/aromatic N) is 2. The predicted octanol–water partition coefficient (Wildman–Crippen LogP) is 0.807. The fourth-order valence-corrected chi connectivity index (χ4v) is 1.75. The molecule has 0 spiro atoms. The van der Waals surface area contributed by atoms with Gasteiger partial charge in [0.15, 0.2) is 5.82 Å². The van der Waals surface area contributed by atoms with E-state index in [0.717, 1.165) is 25.1 Å². The molecule has 2 atom stereocenters. The maximum atomic E-state index is 9.36. The van der Waals surface area contributed by atoms with Gasteiger partial charge in [-0.05, 0) is 12.8 Å². The SMILES string of the molecule is CCCCc1noc([C@@H]2C[C@H](O)CN2)n1. The van der Waals surface area contributed by atoms with Crippen LogP contribution in [0, 0.1) is 0 Å². The normalized spacial score (nSPS) is 26.0. The maximum Gasteiger partial charge on any atom is 0.243 e. The van der Waals surface area contributed by atoms with E-state index in [-0.39, 0.29) is 12.1 Å². The van der Waals surface area contributed by atoms with Gasteiger partial charge in [0.05, 0.1) is 12.1 Å². The van der Waals surface area contributed by atoms with E-state index in [1.54, 1.807) is 0 Å². The number of hydrogen-bond donors (Lipinski definition) is 2. The van der Waals surface area contributed by atoms with Crippen LogP contribution in [0.25, 0.3) is 0 Å². The van der Waals surface area contributed by atoms with Crippen molar-refractivity contribution in [3.63, 3.8) is 0 Å². The molecule has 1 aliphatic rings. The molecular formula is C10H17N3O2. The molecule has 0 saturated carbocycles. The zero-order chi connectivity index (χ0) is 10.7. The van der Waals surface area contributed by atoms with E-state index < -0.39 is 0 Å². The minimum Gasteiger partial charge on any atom is -0.392 e. The van der Waals surface area contributed by atoms with Gasteiger partial charge in [0, 0.05) is 13.0 Å². The molecule has 0 radical (unpaired) electrons. The van der Waals surface area contributed by atoms with Crippen LogP contribution in [0.1, 0.15) is 43.9 Å². The quantitative estimate of drug-likeness (QED) is 0.771. The maximum absolute atomic E-state index is 9.36. The molecule has 0 aliphatic carbocycles. The number of aryl methyl sites for hydroxylation is 1. The molecule has 2 N–H and O–H groups in total. The number of nitrogens with one attached hydrogen (secondary N) is 1. The number of aromatic nitrogens is 2. The van der Waals surface area contributed by atoms with E-state index in [2.05, 4.69) is 22.4 Å². The Hall–Kier alpha value is -0.940. The minimum atomic E-state index is -0.291. The first kappa shape index (κ1) is 10.6. The predicted molar refractivity (Wildman–Crippen MR) is 54.3 cm³/mol. The highest BCUT2D eigenvalue weighted by atomic mass is 16.5. The summed E-state index contributed by atoms with van der Waals surface area (Å²) in [4.78, 5) is 4.31. The van der Waals surface area contributed by atoms with E-state index in [4.69, 9.17) is 4.52 Å². The summed E-state index contributed by atoms with van der Waals surface area (Å²) in [6.07, 6.45) is 3.45. The van der Waals surface area contributed by atoms with Crippen LogP contribution < -0.4 is 5.32 Å². The summed E-state index contributed by atoms with van der Waals surface area (Å²) in [5.41, 5.74) is 0. The molecule has 0 amide bonds. The molecule has 2 rings (SSSR count). The average Bonchev–Trinajstić information content (AvgIpc) is 2.83. The molecule has 5 heteroatoms. The van der Waals surface area contributed by atoms with Gasteiger partial charge in [-0.2, -0.15) is 4.98 Å². The monoisotopic (exact) mass is 211 g/mol. The summed E-state index contributed by atoms with van der Waals surface area (Å²) < 4.78 is 5.16. The Morgan fingerprint density at radius 3 is 3.13 bits per heavy atom. The van der Waals surface area contributed by atoms with Crippen LogP contribution in [0.4, 0.5) is 0 Å². The second-order valence-corrected chi connectivity index (χ2v) is 4.00. The van der Waals surface area contributed by atoms with Crippen molar-refractivity contribution in [3.05, 3.63) is 11.7 Å². The Labute approximate surface area is 88.9 Å². The van der Waals surface area contributed by atoms with Crippen molar-refractivity contribution < 1.29 is 9.63 Å². The number of hydrogen-bond acceptors (Lipinski definition) is 5. The molecule has 2 heterocycles. The fraction of sp³-hybridized carbons (Fsp3) is 0.800. The van der Waals surface area contributed by atoms with E-state index in [1.807, 2.05) is 0 Å².